The van der Waals surface area contributed by atoms with Crippen molar-refractivity contribution < 1.29 is 9.59 Å². The highest BCUT2D eigenvalue weighted by molar-refractivity contribution is 6.31. The number of hydrogen-bond acceptors (Lipinski definition) is 2. The molecule has 1 spiro atoms. The van der Waals surface area contributed by atoms with Crippen molar-refractivity contribution in [1.29, 1.82) is 0 Å². The highest BCUT2D eigenvalue weighted by Gasteiger charge is 2.59. The molecule has 0 bridgehead atoms. The fourth-order valence-electron chi connectivity index (χ4n) is 4.86. The molecule has 2 amide bonds. The average Bonchev–Trinajstić information content (AvgIpc) is 3.18. The molecule has 0 fully saturated rings. The van der Waals surface area contributed by atoms with E-state index in [1.165, 1.54) is 0 Å². The molecule has 2 aliphatic heterocycles. The first-order valence-electron chi connectivity index (χ1n) is 9.48. The second-order valence-electron chi connectivity index (χ2n) is 7.41. The number of likely N-dealkylation sites (N-methyl/N-ethyl adjacent to an activating group) is 1. The number of H-pyrrole nitrogens is 1. The number of halogens is 1. The summed E-state index contributed by atoms with van der Waals surface area (Å²) in [6, 6.07) is 13.4. The van der Waals surface area contributed by atoms with Crippen LogP contribution in [-0.4, -0.2) is 35.3 Å². The summed E-state index contributed by atoms with van der Waals surface area (Å²) in [7, 11) is 1.78. The van der Waals surface area contributed by atoms with E-state index >= 15 is 0 Å². The largest absolute Gasteiger partial charge is 0.355 e. The molecule has 1 aromatic heterocycles. The fourth-order valence-corrected chi connectivity index (χ4v) is 5.03. The Morgan fingerprint density at radius 1 is 1.25 bits per heavy atom. The van der Waals surface area contributed by atoms with Crippen LogP contribution in [0.2, 0.25) is 5.02 Å². The van der Waals surface area contributed by atoms with E-state index in [0.29, 0.717) is 24.4 Å². The molecule has 28 heavy (non-hydrogen) atoms. The lowest BCUT2D eigenvalue weighted by atomic mass is 9.79. The van der Waals surface area contributed by atoms with E-state index in [-0.39, 0.29) is 11.8 Å². The minimum absolute atomic E-state index is 0.0270. The summed E-state index contributed by atoms with van der Waals surface area (Å²) >= 11 is 6.25. The summed E-state index contributed by atoms with van der Waals surface area (Å²) in [5.74, 6) is -0.130. The van der Waals surface area contributed by atoms with Crippen LogP contribution >= 0.6 is 11.6 Å². The Morgan fingerprint density at radius 3 is 2.82 bits per heavy atom. The number of carbonyl (C=O) groups is 2. The van der Waals surface area contributed by atoms with Crippen LogP contribution in [0.4, 0.5) is 5.69 Å². The summed E-state index contributed by atoms with van der Waals surface area (Å²) in [5, 5.41) is 1.68. The molecular formula is C22H20ClN3O2. The van der Waals surface area contributed by atoms with Crippen molar-refractivity contribution in [2.75, 3.05) is 18.5 Å². The highest BCUT2D eigenvalue weighted by atomic mass is 35.5. The Labute approximate surface area is 167 Å². The normalized spacial score (nSPS) is 20.8. The zero-order valence-electron chi connectivity index (χ0n) is 15.8. The van der Waals surface area contributed by atoms with Crippen molar-refractivity contribution in [3.8, 4) is 0 Å². The summed E-state index contributed by atoms with van der Waals surface area (Å²) in [5.41, 5.74) is 3.32. The van der Waals surface area contributed by atoms with Crippen LogP contribution in [0, 0.1) is 0 Å². The van der Waals surface area contributed by atoms with E-state index in [1.54, 1.807) is 16.8 Å². The topological polar surface area (TPSA) is 56.4 Å². The van der Waals surface area contributed by atoms with Gasteiger partial charge in [-0.1, -0.05) is 36.7 Å². The SMILES string of the molecule is CCC(=O)N1CCc2c([nH]c3ccc(Cl)cc23)[C@@]12C(=O)N(C)c1ccccc12. The zero-order valence-corrected chi connectivity index (χ0v) is 16.5. The maximum Gasteiger partial charge on any atom is 0.263 e. The van der Waals surface area contributed by atoms with Crippen LogP contribution in [-0.2, 0) is 21.5 Å². The van der Waals surface area contributed by atoms with E-state index in [1.807, 2.05) is 49.4 Å². The minimum Gasteiger partial charge on any atom is -0.355 e. The van der Waals surface area contributed by atoms with Crippen LogP contribution in [0.5, 0.6) is 0 Å². The molecule has 0 unspecified atom stereocenters. The summed E-state index contributed by atoms with van der Waals surface area (Å²) < 4.78 is 0. The Morgan fingerprint density at radius 2 is 2.04 bits per heavy atom. The number of amides is 2. The van der Waals surface area contributed by atoms with Crippen molar-refractivity contribution in [2.45, 2.75) is 25.3 Å². The standard InChI is InChI=1S/C22H20ClN3O2/c1-3-19(27)26-11-10-14-15-12-13(23)8-9-17(15)24-20(14)22(26)16-6-4-5-7-18(16)25(2)21(22)28/h4-9,12,24H,3,10-11H2,1-2H3/t22-/m0/s1. The Bertz CT molecular complexity index is 1150. The van der Waals surface area contributed by atoms with Crippen LogP contribution in [0.1, 0.15) is 30.2 Å². The molecule has 0 radical (unpaired) electrons. The fraction of sp³-hybridized carbons (Fsp3) is 0.273. The van der Waals surface area contributed by atoms with Gasteiger partial charge in [-0.25, -0.2) is 0 Å². The highest BCUT2D eigenvalue weighted by Crippen LogP contribution is 2.51. The molecular weight excluding hydrogens is 374 g/mol. The van der Waals surface area contributed by atoms with Gasteiger partial charge in [0.05, 0.1) is 5.69 Å². The number of hydrogen-bond donors (Lipinski definition) is 1. The molecule has 2 aliphatic rings. The van der Waals surface area contributed by atoms with Gasteiger partial charge >= 0.3 is 0 Å². The molecule has 1 atom stereocenters. The third kappa shape index (κ3) is 1.97. The predicted octanol–water partition coefficient (Wildman–Crippen LogP) is 3.84. The third-order valence-corrected chi connectivity index (χ3v) is 6.33. The monoisotopic (exact) mass is 393 g/mol. The molecule has 0 aliphatic carbocycles. The first-order valence-corrected chi connectivity index (χ1v) is 9.86. The lowest BCUT2D eigenvalue weighted by Crippen LogP contribution is -2.58. The molecule has 3 heterocycles. The van der Waals surface area contributed by atoms with E-state index in [4.69, 9.17) is 11.6 Å². The molecule has 5 nitrogen and oxygen atoms in total. The van der Waals surface area contributed by atoms with Gasteiger partial charge in [0.25, 0.3) is 5.91 Å². The van der Waals surface area contributed by atoms with Gasteiger partial charge in [-0.3, -0.25) is 9.59 Å². The number of benzene rings is 2. The number of aromatic nitrogens is 1. The number of carbonyl (C=O) groups excluding carboxylic acids is 2. The van der Waals surface area contributed by atoms with Crippen LogP contribution in [0.15, 0.2) is 42.5 Å². The van der Waals surface area contributed by atoms with Gasteiger partial charge in [0.15, 0.2) is 5.54 Å². The number of fused-ring (bicyclic) bond motifs is 6. The average molecular weight is 394 g/mol. The van der Waals surface area contributed by atoms with Crippen LogP contribution in [0.25, 0.3) is 10.9 Å². The van der Waals surface area contributed by atoms with Crippen molar-refractivity contribution in [3.05, 3.63) is 64.3 Å². The number of nitrogens with zero attached hydrogens (tertiary/aromatic N) is 2. The van der Waals surface area contributed by atoms with Crippen molar-refractivity contribution >= 4 is 40.0 Å². The second kappa shape index (κ2) is 5.85. The van der Waals surface area contributed by atoms with Gasteiger partial charge in [-0.15, -0.1) is 0 Å². The molecule has 0 saturated heterocycles. The van der Waals surface area contributed by atoms with Crippen molar-refractivity contribution in [2.24, 2.45) is 0 Å². The molecule has 3 aromatic rings. The summed E-state index contributed by atoms with van der Waals surface area (Å²) in [4.78, 5) is 33.7. The lowest BCUT2D eigenvalue weighted by molar-refractivity contribution is -0.144. The quantitative estimate of drug-likeness (QED) is 0.683. The number of para-hydroxylation sites is 1. The zero-order chi connectivity index (χ0) is 19.6. The lowest BCUT2D eigenvalue weighted by Gasteiger charge is -2.43. The molecule has 142 valence electrons. The third-order valence-electron chi connectivity index (χ3n) is 6.09. The summed E-state index contributed by atoms with van der Waals surface area (Å²) in [6.45, 7) is 2.33. The smallest absolute Gasteiger partial charge is 0.263 e. The van der Waals surface area contributed by atoms with Crippen LogP contribution in [0.3, 0.4) is 0 Å². The molecule has 6 heteroatoms. The molecule has 1 N–H and O–H groups in total. The number of nitrogens with one attached hydrogen (secondary N) is 1. The minimum atomic E-state index is -1.16. The van der Waals surface area contributed by atoms with Crippen molar-refractivity contribution in [1.82, 2.24) is 9.88 Å². The number of aromatic amines is 1. The first-order chi connectivity index (χ1) is 13.5. The number of rotatable bonds is 1. The van der Waals surface area contributed by atoms with Gasteiger partial charge in [-0.2, -0.15) is 0 Å². The van der Waals surface area contributed by atoms with Crippen molar-refractivity contribution in [3.63, 3.8) is 0 Å². The van der Waals surface area contributed by atoms with Gasteiger partial charge in [-0.05, 0) is 36.2 Å². The van der Waals surface area contributed by atoms with Gasteiger partial charge in [0, 0.05) is 47.2 Å². The maximum absolute atomic E-state index is 13.8. The van der Waals surface area contributed by atoms with Gasteiger partial charge < -0.3 is 14.8 Å². The molecule has 5 rings (SSSR count). The van der Waals surface area contributed by atoms with E-state index in [9.17, 15) is 9.59 Å². The Balaban J connectivity index is 1.90. The van der Waals surface area contributed by atoms with Gasteiger partial charge in [0.2, 0.25) is 5.91 Å². The van der Waals surface area contributed by atoms with E-state index in [0.717, 1.165) is 33.4 Å². The molecule has 0 saturated carbocycles. The van der Waals surface area contributed by atoms with E-state index < -0.39 is 5.54 Å². The van der Waals surface area contributed by atoms with Gasteiger partial charge in [0.1, 0.15) is 0 Å². The van der Waals surface area contributed by atoms with Crippen LogP contribution < -0.4 is 4.90 Å². The number of anilines is 1. The first kappa shape index (κ1) is 17.3. The van der Waals surface area contributed by atoms with E-state index in [2.05, 4.69) is 4.98 Å². The Hall–Kier alpha value is -2.79. The predicted molar refractivity (Wildman–Crippen MR) is 110 cm³/mol. The Kier molecular flexibility index (Phi) is 3.62. The molecule has 2 aromatic carbocycles. The second-order valence-corrected chi connectivity index (χ2v) is 7.85. The maximum atomic E-state index is 13.8. The summed E-state index contributed by atoms with van der Waals surface area (Å²) in [6.07, 6.45) is 1.03.